The number of hydrogen-bond acceptors (Lipinski definition) is 2. The van der Waals surface area contributed by atoms with Crippen molar-refractivity contribution >= 4 is 5.91 Å². The number of benzene rings is 1. The van der Waals surface area contributed by atoms with Gasteiger partial charge in [0.15, 0.2) is 0 Å². The molecule has 1 amide bonds. The van der Waals surface area contributed by atoms with E-state index in [9.17, 15) is 4.79 Å². The minimum atomic E-state index is -0.0778. The number of carbonyl (C=O) groups is 1. The molecule has 1 aromatic carbocycles. The molecule has 0 radical (unpaired) electrons. The molecule has 1 saturated carbocycles. The number of carbonyl (C=O) groups excluding carboxylic acids is 1. The van der Waals surface area contributed by atoms with E-state index in [1.807, 2.05) is 24.3 Å². The molecule has 1 fully saturated rings. The van der Waals surface area contributed by atoms with Crippen molar-refractivity contribution in [3.05, 3.63) is 35.4 Å². The van der Waals surface area contributed by atoms with Crippen LogP contribution in [0.1, 0.15) is 24.0 Å². The number of nitrogens with one attached hydrogen (secondary N) is 1. The van der Waals surface area contributed by atoms with Gasteiger partial charge in [-0.2, -0.15) is 0 Å². The van der Waals surface area contributed by atoms with Crippen LogP contribution in [-0.2, 0) is 16.8 Å². The Morgan fingerprint density at radius 3 is 2.47 bits per heavy atom. The molecule has 0 aliphatic heterocycles. The monoisotopic (exact) mass is 204 g/mol. The normalized spacial score (nSPS) is 17.2. The summed E-state index contributed by atoms with van der Waals surface area (Å²) in [5.41, 5.74) is 8.20. The van der Waals surface area contributed by atoms with Gasteiger partial charge in [-0.25, -0.2) is 0 Å². The SMILES string of the molecule is CNC(=O)Cc1ccc(C2(N)CC2)cc1. The molecule has 15 heavy (non-hydrogen) atoms. The van der Waals surface area contributed by atoms with Crippen LogP contribution in [0.3, 0.4) is 0 Å². The van der Waals surface area contributed by atoms with Gasteiger partial charge in [0.2, 0.25) is 5.91 Å². The van der Waals surface area contributed by atoms with Crippen LogP contribution in [-0.4, -0.2) is 13.0 Å². The number of likely N-dealkylation sites (N-methyl/N-ethyl adjacent to an activating group) is 1. The fourth-order valence-corrected chi connectivity index (χ4v) is 1.65. The lowest BCUT2D eigenvalue weighted by atomic mass is 10.0. The molecule has 0 atom stereocenters. The zero-order chi connectivity index (χ0) is 10.9. The summed E-state index contributed by atoms with van der Waals surface area (Å²) < 4.78 is 0. The second-order valence-electron chi connectivity index (χ2n) is 4.20. The number of rotatable bonds is 3. The summed E-state index contributed by atoms with van der Waals surface area (Å²) in [5.74, 6) is 0.0385. The fourth-order valence-electron chi connectivity index (χ4n) is 1.65. The predicted octanol–water partition coefficient (Wildman–Crippen LogP) is 0.923. The molecule has 2 rings (SSSR count). The van der Waals surface area contributed by atoms with Crippen LogP contribution in [0, 0.1) is 0 Å². The first-order chi connectivity index (χ1) is 7.14. The van der Waals surface area contributed by atoms with Gasteiger partial charge >= 0.3 is 0 Å². The highest BCUT2D eigenvalue weighted by Gasteiger charge is 2.39. The third-order valence-electron chi connectivity index (χ3n) is 2.96. The van der Waals surface area contributed by atoms with Crippen molar-refractivity contribution in [1.82, 2.24) is 5.32 Å². The van der Waals surface area contributed by atoms with E-state index in [-0.39, 0.29) is 11.4 Å². The molecule has 80 valence electrons. The molecule has 1 aliphatic rings. The number of hydrogen-bond donors (Lipinski definition) is 2. The largest absolute Gasteiger partial charge is 0.359 e. The maximum absolute atomic E-state index is 11.1. The van der Waals surface area contributed by atoms with Crippen molar-refractivity contribution < 1.29 is 4.79 Å². The first-order valence-corrected chi connectivity index (χ1v) is 5.23. The molecule has 3 N–H and O–H groups in total. The Labute approximate surface area is 89.7 Å². The average molecular weight is 204 g/mol. The molecule has 0 unspecified atom stereocenters. The Kier molecular flexibility index (Phi) is 2.49. The topological polar surface area (TPSA) is 55.1 Å². The second kappa shape index (κ2) is 3.66. The lowest BCUT2D eigenvalue weighted by Gasteiger charge is -2.09. The van der Waals surface area contributed by atoms with E-state index in [0.29, 0.717) is 6.42 Å². The molecular formula is C12H16N2O. The Bertz CT molecular complexity index is 366. The van der Waals surface area contributed by atoms with Crippen molar-refractivity contribution in [3.63, 3.8) is 0 Å². The van der Waals surface area contributed by atoms with Crippen molar-refractivity contribution in [2.45, 2.75) is 24.8 Å². The summed E-state index contributed by atoms with van der Waals surface area (Å²) >= 11 is 0. The highest BCUT2D eigenvalue weighted by atomic mass is 16.1. The van der Waals surface area contributed by atoms with Crippen LogP contribution < -0.4 is 11.1 Å². The van der Waals surface area contributed by atoms with E-state index in [1.165, 1.54) is 5.56 Å². The smallest absolute Gasteiger partial charge is 0.224 e. The molecule has 1 aliphatic carbocycles. The lowest BCUT2D eigenvalue weighted by Crippen LogP contribution is -2.20. The first-order valence-electron chi connectivity index (χ1n) is 5.23. The van der Waals surface area contributed by atoms with Crippen molar-refractivity contribution in [3.8, 4) is 0 Å². The minimum absolute atomic E-state index is 0.0385. The quantitative estimate of drug-likeness (QED) is 0.769. The standard InChI is InChI=1S/C12H16N2O/c1-14-11(15)8-9-2-4-10(5-3-9)12(13)6-7-12/h2-5H,6-8,13H2,1H3,(H,14,15). The summed E-state index contributed by atoms with van der Waals surface area (Å²) in [6.45, 7) is 0. The van der Waals surface area contributed by atoms with Crippen molar-refractivity contribution in [1.29, 1.82) is 0 Å². The molecule has 0 saturated heterocycles. The molecular weight excluding hydrogens is 188 g/mol. The van der Waals surface area contributed by atoms with Crippen molar-refractivity contribution in [2.75, 3.05) is 7.05 Å². The van der Waals surface area contributed by atoms with Crippen LogP contribution in [0.2, 0.25) is 0 Å². The van der Waals surface area contributed by atoms with Gasteiger partial charge in [-0.1, -0.05) is 24.3 Å². The van der Waals surface area contributed by atoms with Crippen LogP contribution >= 0.6 is 0 Å². The summed E-state index contributed by atoms with van der Waals surface area (Å²) in [7, 11) is 1.65. The van der Waals surface area contributed by atoms with E-state index in [4.69, 9.17) is 5.73 Å². The molecule has 0 spiro atoms. The van der Waals surface area contributed by atoms with E-state index in [0.717, 1.165) is 18.4 Å². The van der Waals surface area contributed by atoms with Gasteiger partial charge in [0.1, 0.15) is 0 Å². The summed E-state index contributed by atoms with van der Waals surface area (Å²) in [5, 5.41) is 2.61. The van der Waals surface area contributed by atoms with E-state index in [2.05, 4.69) is 5.32 Å². The Balaban J connectivity index is 2.07. The molecule has 1 aromatic rings. The van der Waals surface area contributed by atoms with Gasteiger partial charge in [0.05, 0.1) is 6.42 Å². The van der Waals surface area contributed by atoms with Gasteiger partial charge in [0, 0.05) is 12.6 Å². The maximum Gasteiger partial charge on any atom is 0.224 e. The summed E-state index contributed by atoms with van der Waals surface area (Å²) in [6.07, 6.45) is 2.58. The van der Waals surface area contributed by atoms with Gasteiger partial charge in [-0.3, -0.25) is 4.79 Å². The lowest BCUT2D eigenvalue weighted by molar-refractivity contribution is -0.119. The molecule has 3 nitrogen and oxygen atoms in total. The Morgan fingerprint density at radius 2 is 2.00 bits per heavy atom. The van der Waals surface area contributed by atoms with Gasteiger partial charge in [-0.05, 0) is 24.0 Å². The first kappa shape index (κ1) is 10.2. The highest BCUT2D eigenvalue weighted by Crippen LogP contribution is 2.42. The Morgan fingerprint density at radius 1 is 1.40 bits per heavy atom. The van der Waals surface area contributed by atoms with E-state index >= 15 is 0 Å². The third-order valence-corrected chi connectivity index (χ3v) is 2.96. The second-order valence-corrected chi connectivity index (χ2v) is 4.20. The van der Waals surface area contributed by atoms with Crippen LogP contribution in [0.15, 0.2) is 24.3 Å². The van der Waals surface area contributed by atoms with Gasteiger partial charge in [-0.15, -0.1) is 0 Å². The summed E-state index contributed by atoms with van der Waals surface area (Å²) in [6, 6.07) is 8.03. The summed E-state index contributed by atoms with van der Waals surface area (Å²) in [4.78, 5) is 11.1. The minimum Gasteiger partial charge on any atom is -0.359 e. The van der Waals surface area contributed by atoms with Crippen LogP contribution in [0.4, 0.5) is 0 Å². The number of nitrogens with two attached hydrogens (primary N) is 1. The molecule has 0 bridgehead atoms. The molecule has 3 heteroatoms. The van der Waals surface area contributed by atoms with Gasteiger partial charge < -0.3 is 11.1 Å². The van der Waals surface area contributed by atoms with E-state index < -0.39 is 0 Å². The third kappa shape index (κ3) is 2.18. The number of amides is 1. The molecule has 0 aromatic heterocycles. The predicted molar refractivity (Wildman–Crippen MR) is 59.3 cm³/mol. The van der Waals surface area contributed by atoms with Crippen LogP contribution in [0.5, 0.6) is 0 Å². The fraction of sp³-hybridized carbons (Fsp3) is 0.417. The average Bonchev–Trinajstić information content (AvgIpc) is 2.98. The zero-order valence-corrected chi connectivity index (χ0v) is 8.92. The maximum atomic E-state index is 11.1. The zero-order valence-electron chi connectivity index (χ0n) is 8.92. The van der Waals surface area contributed by atoms with Crippen molar-refractivity contribution in [2.24, 2.45) is 5.73 Å². The van der Waals surface area contributed by atoms with Crippen LogP contribution in [0.25, 0.3) is 0 Å². The van der Waals surface area contributed by atoms with E-state index in [1.54, 1.807) is 7.05 Å². The Hall–Kier alpha value is -1.35. The highest BCUT2D eigenvalue weighted by molar-refractivity contribution is 5.78. The molecule has 0 heterocycles. The van der Waals surface area contributed by atoms with Gasteiger partial charge in [0.25, 0.3) is 0 Å².